The Morgan fingerprint density at radius 3 is 2.48 bits per heavy atom. The monoisotopic (exact) mass is 490 g/mol. The van der Waals surface area contributed by atoms with E-state index < -0.39 is 10.0 Å². The van der Waals surface area contributed by atoms with Crippen molar-refractivity contribution in [3.63, 3.8) is 0 Å². The summed E-state index contributed by atoms with van der Waals surface area (Å²) in [4.78, 5) is 22.2. The van der Waals surface area contributed by atoms with Gasteiger partial charge < -0.3 is 9.80 Å². The number of hydrogen-bond acceptors (Lipinski definition) is 5. The number of nitrogens with zero attached hydrogens (tertiary/aromatic N) is 4. The fourth-order valence-electron chi connectivity index (χ4n) is 4.81. The fourth-order valence-corrected chi connectivity index (χ4v) is 6.43. The molecule has 9 heteroatoms. The minimum absolute atomic E-state index is 0.0430. The Hall–Kier alpha value is -2.16. The molecule has 2 aliphatic heterocycles. The van der Waals surface area contributed by atoms with Crippen molar-refractivity contribution >= 4 is 39.0 Å². The van der Waals surface area contributed by atoms with E-state index in [0.717, 1.165) is 55.8 Å². The SMILES string of the molecule is CCN(CC)S(=O)(=O)c1ccc2c(c1)CCCN2C(=O)C1CCN(c2ccc(Cl)cn2)CC1. The summed E-state index contributed by atoms with van der Waals surface area (Å²) in [5, 5.41) is 0.612. The van der Waals surface area contributed by atoms with E-state index >= 15 is 0 Å². The largest absolute Gasteiger partial charge is 0.357 e. The lowest BCUT2D eigenvalue weighted by molar-refractivity contribution is -0.123. The number of carbonyl (C=O) groups is 1. The summed E-state index contributed by atoms with van der Waals surface area (Å²) in [5.74, 6) is 0.980. The number of anilines is 2. The van der Waals surface area contributed by atoms with Crippen molar-refractivity contribution in [2.24, 2.45) is 5.92 Å². The second-order valence-corrected chi connectivity index (χ2v) is 10.9. The van der Waals surface area contributed by atoms with Gasteiger partial charge in [-0.3, -0.25) is 4.79 Å². The number of rotatable bonds is 6. The number of piperidine rings is 1. The van der Waals surface area contributed by atoms with E-state index in [2.05, 4.69) is 9.88 Å². The third-order valence-corrected chi connectivity index (χ3v) is 8.93. The predicted molar refractivity (Wildman–Crippen MR) is 131 cm³/mol. The van der Waals surface area contributed by atoms with Crippen LogP contribution in [0.15, 0.2) is 41.4 Å². The summed E-state index contributed by atoms with van der Waals surface area (Å²) in [6, 6.07) is 8.97. The van der Waals surface area contributed by atoms with Crippen LogP contribution in [0.2, 0.25) is 5.02 Å². The first-order valence-corrected chi connectivity index (χ1v) is 13.5. The topological polar surface area (TPSA) is 73.8 Å². The number of benzene rings is 1. The Kier molecular flexibility index (Phi) is 7.26. The van der Waals surface area contributed by atoms with E-state index in [1.807, 2.05) is 36.9 Å². The molecular formula is C24H31ClN4O3S. The lowest BCUT2D eigenvalue weighted by atomic mass is 9.93. The van der Waals surface area contributed by atoms with Gasteiger partial charge in [0.05, 0.1) is 9.92 Å². The van der Waals surface area contributed by atoms with Gasteiger partial charge in [-0.05, 0) is 61.6 Å². The molecule has 0 aliphatic carbocycles. The smallest absolute Gasteiger partial charge is 0.243 e. The minimum Gasteiger partial charge on any atom is -0.357 e. The van der Waals surface area contributed by atoms with Gasteiger partial charge in [-0.2, -0.15) is 4.31 Å². The molecule has 0 unspecified atom stereocenters. The molecule has 1 saturated heterocycles. The molecule has 1 amide bonds. The van der Waals surface area contributed by atoms with Crippen molar-refractivity contribution in [2.45, 2.75) is 44.4 Å². The molecule has 7 nitrogen and oxygen atoms in total. The average Bonchev–Trinajstić information content (AvgIpc) is 2.84. The summed E-state index contributed by atoms with van der Waals surface area (Å²) in [7, 11) is -3.52. The van der Waals surface area contributed by atoms with Crippen molar-refractivity contribution in [2.75, 3.05) is 42.5 Å². The van der Waals surface area contributed by atoms with Gasteiger partial charge in [-0.25, -0.2) is 13.4 Å². The highest BCUT2D eigenvalue weighted by atomic mass is 35.5. The molecule has 0 bridgehead atoms. The number of aryl methyl sites for hydroxylation is 1. The Balaban J connectivity index is 1.48. The standard InChI is InChI=1S/C24H31ClN4O3S/c1-3-28(4-2)33(31,32)21-8-9-22-19(16-21)6-5-13-29(22)24(30)18-11-14-27(15-12-18)23-10-7-20(25)17-26-23/h7-10,16-18H,3-6,11-15H2,1-2H3. The van der Waals surface area contributed by atoms with Gasteiger partial charge in [-0.1, -0.05) is 25.4 Å². The van der Waals surface area contributed by atoms with Gasteiger partial charge in [0.15, 0.2) is 0 Å². The lowest BCUT2D eigenvalue weighted by Crippen LogP contribution is -2.44. The zero-order valence-corrected chi connectivity index (χ0v) is 20.8. The fraction of sp³-hybridized carbons (Fsp3) is 0.500. The molecule has 0 atom stereocenters. The maximum absolute atomic E-state index is 13.4. The predicted octanol–water partition coefficient (Wildman–Crippen LogP) is 3.96. The van der Waals surface area contributed by atoms with E-state index in [1.165, 1.54) is 4.31 Å². The Labute approximate surface area is 201 Å². The Morgan fingerprint density at radius 2 is 1.85 bits per heavy atom. The third-order valence-electron chi connectivity index (χ3n) is 6.66. The maximum Gasteiger partial charge on any atom is 0.243 e. The number of carbonyl (C=O) groups excluding carboxylic acids is 1. The van der Waals surface area contributed by atoms with Gasteiger partial charge >= 0.3 is 0 Å². The molecule has 0 radical (unpaired) electrons. The van der Waals surface area contributed by atoms with Crippen LogP contribution in [0, 0.1) is 5.92 Å². The van der Waals surface area contributed by atoms with Crippen LogP contribution in [0.4, 0.5) is 11.5 Å². The Bertz CT molecular complexity index is 1100. The summed E-state index contributed by atoms with van der Waals surface area (Å²) >= 11 is 5.94. The molecule has 4 rings (SSSR count). The summed E-state index contributed by atoms with van der Waals surface area (Å²) in [6.45, 7) is 6.77. The maximum atomic E-state index is 13.4. The average molecular weight is 491 g/mol. The van der Waals surface area contributed by atoms with Crippen LogP contribution in [-0.2, 0) is 21.2 Å². The first-order chi connectivity index (χ1) is 15.8. The van der Waals surface area contributed by atoms with Gasteiger partial charge in [0.25, 0.3) is 0 Å². The van der Waals surface area contributed by atoms with Crippen LogP contribution in [0.25, 0.3) is 0 Å². The van der Waals surface area contributed by atoms with Gasteiger partial charge in [-0.15, -0.1) is 0 Å². The number of amides is 1. The first-order valence-electron chi connectivity index (χ1n) is 11.7. The van der Waals surface area contributed by atoms with Gasteiger partial charge in [0.1, 0.15) is 5.82 Å². The van der Waals surface area contributed by atoms with Crippen molar-refractivity contribution < 1.29 is 13.2 Å². The van der Waals surface area contributed by atoms with Crippen molar-refractivity contribution in [1.82, 2.24) is 9.29 Å². The van der Waals surface area contributed by atoms with Gasteiger partial charge in [0.2, 0.25) is 15.9 Å². The minimum atomic E-state index is -3.52. The molecular weight excluding hydrogens is 460 g/mol. The van der Waals surface area contributed by atoms with Crippen LogP contribution >= 0.6 is 11.6 Å². The summed E-state index contributed by atoms with van der Waals surface area (Å²) in [5.41, 5.74) is 1.79. The van der Waals surface area contributed by atoms with E-state index in [4.69, 9.17) is 11.6 Å². The molecule has 178 valence electrons. The van der Waals surface area contributed by atoms with E-state index in [-0.39, 0.29) is 11.8 Å². The molecule has 0 spiro atoms. The van der Waals surface area contributed by atoms with Crippen LogP contribution < -0.4 is 9.80 Å². The molecule has 1 aromatic carbocycles. The van der Waals surface area contributed by atoms with Crippen LogP contribution in [0.3, 0.4) is 0 Å². The molecule has 2 aliphatic rings. The zero-order valence-electron chi connectivity index (χ0n) is 19.2. The van der Waals surface area contributed by atoms with Crippen molar-refractivity contribution in [3.8, 4) is 0 Å². The summed E-state index contributed by atoms with van der Waals surface area (Å²) < 4.78 is 27.3. The highest BCUT2D eigenvalue weighted by Crippen LogP contribution is 2.33. The number of halogens is 1. The van der Waals surface area contributed by atoms with E-state index in [1.54, 1.807) is 18.3 Å². The van der Waals surface area contributed by atoms with Crippen molar-refractivity contribution in [1.29, 1.82) is 0 Å². The second-order valence-electron chi connectivity index (χ2n) is 8.57. The lowest BCUT2D eigenvalue weighted by Gasteiger charge is -2.37. The third kappa shape index (κ3) is 4.88. The molecule has 2 aromatic rings. The number of hydrogen-bond donors (Lipinski definition) is 0. The van der Waals surface area contributed by atoms with E-state index in [0.29, 0.717) is 29.6 Å². The Morgan fingerprint density at radius 1 is 1.12 bits per heavy atom. The van der Waals surface area contributed by atoms with E-state index in [9.17, 15) is 13.2 Å². The number of fused-ring (bicyclic) bond motifs is 1. The summed E-state index contributed by atoms with van der Waals surface area (Å²) in [6.07, 6.45) is 4.79. The highest BCUT2D eigenvalue weighted by molar-refractivity contribution is 7.89. The normalized spacial score (nSPS) is 17.3. The molecule has 1 aromatic heterocycles. The second kappa shape index (κ2) is 9.99. The molecule has 0 N–H and O–H groups in total. The highest BCUT2D eigenvalue weighted by Gasteiger charge is 2.32. The molecule has 1 fully saturated rings. The van der Waals surface area contributed by atoms with Crippen LogP contribution in [0.1, 0.15) is 38.7 Å². The zero-order chi connectivity index (χ0) is 23.6. The number of pyridine rings is 1. The van der Waals surface area contributed by atoms with Crippen LogP contribution in [-0.4, -0.2) is 56.3 Å². The first kappa shape index (κ1) is 24.0. The van der Waals surface area contributed by atoms with Gasteiger partial charge in [0, 0.05) is 50.5 Å². The molecule has 33 heavy (non-hydrogen) atoms. The molecule has 0 saturated carbocycles. The number of sulfonamides is 1. The van der Waals surface area contributed by atoms with Crippen molar-refractivity contribution in [3.05, 3.63) is 47.1 Å². The van der Waals surface area contributed by atoms with Crippen LogP contribution in [0.5, 0.6) is 0 Å². The quantitative estimate of drug-likeness (QED) is 0.612. The number of aromatic nitrogens is 1. The molecule has 3 heterocycles.